The molecule has 0 saturated heterocycles. The first-order valence-corrected chi connectivity index (χ1v) is 4.50. The van der Waals surface area contributed by atoms with Crippen molar-refractivity contribution in [1.82, 2.24) is 14.7 Å². The Morgan fingerprint density at radius 2 is 2.31 bits per heavy atom. The first-order valence-electron chi connectivity index (χ1n) is 4.50. The van der Waals surface area contributed by atoms with Crippen LogP contribution in [0.4, 0.5) is 5.69 Å². The van der Waals surface area contributed by atoms with Gasteiger partial charge in [-0.15, -0.1) is 0 Å². The van der Waals surface area contributed by atoms with Crippen LogP contribution in [0, 0.1) is 5.92 Å². The molecule has 0 aromatic carbocycles. The number of aromatic nitrogens is 2. The summed E-state index contributed by atoms with van der Waals surface area (Å²) in [5.41, 5.74) is 6.30. The van der Waals surface area contributed by atoms with Crippen LogP contribution in [0.1, 0.15) is 6.92 Å². The predicted octanol–water partition coefficient (Wildman–Crippen LogP) is 0.663. The van der Waals surface area contributed by atoms with Gasteiger partial charge in [0.2, 0.25) is 0 Å². The molecule has 4 nitrogen and oxygen atoms in total. The summed E-state index contributed by atoms with van der Waals surface area (Å²) in [7, 11) is 4.15. The molecule has 0 spiro atoms. The number of nitrogens with two attached hydrogens (primary N) is 1. The van der Waals surface area contributed by atoms with Crippen molar-refractivity contribution in [3.8, 4) is 0 Å². The van der Waals surface area contributed by atoms with Crippen LogP contribution in [0.3, 0.4) is 0 Å². The van der Waals surface area contributed by atoms with E-state index in [4.69, 9.17) is 5.73 Å². The summed E-state index contributed by atoms with van der Waals surface area (Å²) < 4.78 is 1.89. The second-order valence-corrected chi connectivity index (χ2v) is 3.86. The van der Waals surface area contributed by atoms with Crippen LogP contribution < -0.4 is 5.73 Å². The molecule has 13 heavy (non-hydrogen) atoms. The lowest BCUT2D eigenvalue weighted by Crippen LogP contribution is -2.23. The minimum absolute atomic E-state index is 0.592. The van der Waals surface area contributed by atoms with Crippen LogP contribution in [-0.4, -0.2) is 35.3 Å². The monoisotopic (exact) mass is 182 g/mol. The molecule has 4 heteroatoms. The van der Waals surface area contributed by atoms with E-state index >= 15 is 0 Å². The van der Waals surface area contributed by atoms with Gasteiger partial charge in [-0.05, 0) is 20.0 Å². The molecular weight excluding hydrogens is 164 g/mol. The number of nitrogen functional groups attached to an aromatic ring is 1. The van der Waals surface area contributed by atoms with Gasteiger partial charge in [-0.1, -0.05) is 6.92 Å². The largest absolute Gasteiger partial charge is 0.396 e. The highest BCUT2D eigenvalue weighted by Crippen LogP contribution is 2.04. The van der Waals surface area contributed by atoms with Gasteiger partial charge in [0.05, 0.1) is 11.9 Å². The Morgan fingerprint density at radius 1 is 1.62 bits per heavy atom. The van der Waals surface area contributed by atoms with E-state index in [1.807, 2.05) is 10.9 Å². The summed E-state index contributed by atoms with van der Waals surface area (Å²) >= 11 is 0. The molecule has 0 bridgehead atoms. The average Bonchev–Trinajstić information content (AvgIpc) is 2.33. The number of anilines is 1. The van der Waals surface area contributed by atoms with Crippen molar-refractivity contribution in [1.29, 1.82) is 0 Å². The van der Waals surface area contributed by atoms with Crippen LogP contribution >= 0.6 is 0 Å². The Balaban J connectivity index is 2.40. The van der Waals surface area contributed by atoms with Gasteiger partial charge in [-0.2, -0.15) is 5.10 Å². The first-order chi connectivity index (χ1) is 6.08. The second-order valence-electron chi connectivity index (χ2n) is 3.86. The highest BCUT2D eigenvalue weighted by atomic mass is 15.3. The van der Waals surface area contributed by atoms with Crippen LogP contribution in [0.15, 0.2) is 12.4 Å². The van der Waals surface area contributed by atoms with Crippen molar-refractivity contribution in [2.75, 3.05) is 26.4 Å². The highest BCUT2D eigenvalue weighted by Gasteiger charge is 2.04. The fourth-order valence-corrected chi connectivity index (χ4v) is 1.48. The molecule has 1 rings (SSSR count). The summed E-state index contributed by atoms with van der Waals surface area (Å²) in [4.78, 5) is 2.18. The Kier molecular flexibility index (Phi) is 3.31. The fraction of sp³-hybridized carbons (Fsp3) is 0.667. The Labute approximate surface area is 79.3 Å². The summed E-state index contributed by atoms with van der Waals surface area (Å²) in [6.45, 7) is 4.20. The summed E-state index contributed by atoms with van der Waals surface area (Å²) in [6, 6.07) is 0. The number of rotatable bonds is 4. The molecule has 1 heterocycles. The SMILES string of the molecule is CC(CN(C)C)Cn1cc(N)cn1. The van der Waals surface area contributed by atoms with E-state index in [0.717, 1.165) is 18.8 Å². The maximum atomic E-state index is 5.56. The topological polar surface area (TPSA) is 47.1 Å². The Bertz CT molecular complexity index is 254. The van der Waals surface area contributed by atoms with E-state index in [1.165, 1.54) is 0 Å². The predicted molar refractivity (Wildman–Crippen MR) is 54.4 cm³/mol. The van der Waals surface area contributed by atoms with Crippen LogP contribution in [0.5, 0.6) is 0 Å². The normalized spacial score (nSPS) is 13.5. The lowest BCUT2D eigenvalue weighted by molar-refractivity contribution is 0.308. The van der Waals surface area contributed by atoms with E-state index in [-0.39, 0.29) is 0 Å². The molecule has 1 aromatic heterocycles. The van der Waals surface area contributed by atoms with E-state index in [0.29, 0.717) is 5.92 Å². The molecule has 1 aromatic rings. The standard InChI is InChI=1S/C9H18N4/c1-8(5-12(2)3)6-13-7-9(10)4-11-13/h4,7-8H,5-6,10H2,1-3H3. The first kappa shape index (κ1) is 10.1. The number of nitrogens with zero attached hydrogens (tertiary/aromatic N) is 3. The van der Waals surface area contributed by atoms with Gasteiger partial charge in [0.1, 0.15) is 0 Å². The van der Waals surface area contributed by atoms with Gasteiger partial charge in [0.15, 0.2) is 0 Å². The van der Waals surface area contributed by atoms with Crippen molar-refractivity contribution in [3.63, 3.8) is 0 Å². The highest BCUT2D eigenvalue weighted by molar-refractivity contribution is 5.30. The Morgan fingerprint density at radius 3 is 2.77 bits per heavy atom. The molecule has 0 aliphatic carbocycles. The molecule has 0 fully saturated rings. The molecule has 0 aliphatic rings. The van der Waals surface area contributed by atoms with Crippen molar-refractivity contribution in [2.45, 2.75) is 13.5 Å². The molecule has 74 valence electrons. The Hall–Kier alpha value is -1.03. The minimum Gasteiger partial charge on any atom is -0.396 e. The van der Waals surface area contributed by atoms with Crippen molar-refractivity contribution in [3.05, 3.63) is 12.4 Å². The third-order valence-corrected chi connectivity index (χ3v) is 1.83. The zero-order valence-corrected chi connectivity index (χ0v) is 8.57. The van der Waals surface area contributed by atoms with E-state index < -0.39 is 0 Å². The fourth-order valence-electron chi connectivity index (χ4n) is 1.48. The van der Waals surface area contributed by atoms with E-state index in [9.17, 15) is 0 Å². The minimum atomic E-state index is 0.592. The lowest BCUT2D eigenvalue weighted by atomic mass is 10.2. The van der Waals surface area contributed by atoms with Crippen molar-refractivity contribution >= 4 is 5.69 Å². The lowest BCUT2D eigenvalue weighted by Gasteiger charge is -2.16. The third-order valence-electron chi connectivity index (χ3n) is 1.83. The van der Waals surface area contributed by atoms with Crippen molar-refractivity contribution in [2.24, 2.45) is 5.92 Å². The van der Waals surface area contributed by atoms with Crippen LogP contribution in [-0.2, 0) is 6.54 Å². The van der Waals surface area contributed by atoms with Gasteiger partial charge in [0, 0.05) is 19.3 Å². The molecule has 0 aliphatic heterocycles. The zero-order valence-electron chi connectivity index (χ0n) is 8.57. The summed E-state index contributed by atoms with van der Waals surface area (Å²) in [5.74, 6) is 0.592. The van der Waals surface area contributed by atoms with Gasteiger partial charge >= 0.3 is 0 Å². The van der Waals surface area contributed by atoms with Gasteiger partial charge in [0.25, 0.3) is 0 Å². The van der Waals surface area contributed by atoms with Gasteiger partial charge < -0.3 is 10.6 Å². The zero-order chi connectivity index (χ0) is 9.84. The average molecular weight is 182 g/mol. The maximum Gasteiger partial charge on any atom is 0.0719 e. The molecule has 2 N–H and O–H groups in total. The van der Waals surface area contributed by atoms with Crippen molar-refractivity contribution < 1.29 is 0 Å². The molecule has 1 unspecified atom stereocenters. The number of hydrogen-bond acceptors (Lipinski definition) is 3. The third kappa shape index (κ3) is 3.46. The van der Waals surface area contributed by atoms with Crippen LogP contribution in [0.2, 0.25) is 0 Å². The van der Waals surface area contributed by atoms with E-state index in [1.54, 1.807) is 6.20 Å². The molecule has 1 atom stereocenters. The van der Waals surface area contributed by atoms with Gasteiger partial charge in [-0.3, -0.25) is 4.68 Å². The van der Waals surface area contributed by atoms with Gasteiger partial charge in [-0.25, -0.2) is 0 Å². The van der Waals surface area contributed by atoms with E-state index in [2.05, 4.69) is 31.0 Å². The van der Waals surface area contributed by atoms with Crippen LogP contribution in [0.25, 0.3) is 0 Å². The number of hydrogen-bond donors (Lipinski definition) is 1. The smallest absolute Gasteiger partial charge is 0.0719 e. The summed E-state index contributed by atoms with van der Waals surface area (Å²) in [6.07, 6.45) is 3.55. The molecule has 0 radical (unpaired) electrons. The molecule has 0 amide bonds. The molecular formula is C9H18N4. The maximum absolute atomic E-state index is 5.56. The molecule has 0 saturated carbocycles. The summed E-state index contributed by atoms with van der Waals surface area (Å²) in [5, 5.41) is 4.14. The second kappa shape index (κ2) is 4.28. The quantitative estimate of drug-likeness (QED) is 0.744.